The number of hydrogen-bond donors (Lipinski definition) is 2. The molecule has 0 bridgehead atoms. The molecule has 0 aliphatic heterocycles. The molecule has 6 heteroatoms. The van der Waals surface area contributed by atoms with Crippen molar-refractivity contribution in [3.8, 4) is 5.75 Å². The lowest BCUT2D eigenvalue weighted by molar-refractivity contribution is 0.303. The Bertz CT molecular complexity index is 596. The van der Waals surface area contributed by atoms with Crippen LogP contribution < -0.4 is 16.0 Å². The van der Waals surface area contributed by atoms with Gasteiger partial charge in [-0.1, -0.05) is 12.1 Å². The standard InChI is InChI=1S/C14H14Br2N2OS/c15-12-7-11(14(16)20-12)13(18-17)8-1-3-9(4-2-8)19-10-5-6-10/h1-4,7,10,13,18H,5-6,17H2. The molecule has 1 unspecified atom stereocenters. The molecule has 0 saturated heterocycles. The van der Waals surface area contributed by atoms with Gasteiger partial charge in [0.25, 0.3) is 0 Å². The molecule has 1 aliphatic rings. The Balaban J connectivity index is 1.83. The fourth-order valence-electron chi connectivity index (χ4n) is 2.03. The quantitative estimate of drug-likeness (QED) is 0.560. The fraction of sp³-hybridized carbons (Fsp3) is 0.286. The lowest BCUT2D eigenvalue weighted by Gasteiger charge is -2.16. The Labute approximate surface area is 138 Å². The Hall–Kier alpha value is -0.400. The van der Waals surface area contributed by atoms with Crippen molar-refractivity contribution in [1.29, 1.82) is 0 Å². The molecular formula is C14H14Br2N2OS. The number of hydrazine groups is 1. The van der Waals surface area contributed by atoms with Gasteiger partial charge in [-0.3, -0.25) is 5.84 Å². The molecule has 3 N–H and O–H groups in total. The van der Waals surface area contributed by atoms with Crippen LogP contribution in [0.4, 0.5) is 0 Å². The lowest BCUT2D eigenvalue weighted by atomic mass is 10.0. The van der Waals surface area contributed by atoms with E-state index in [2.05, 4.69) is 55.5 Å². The first-order valence-corrected chi connectivity index (χ1v) is 8.75. The van der Waals surface area contributed by atoms with E-state index in [9.17, 15) is 0 Å². The SMILES string of the molecule is NNC(c1ccc(OC2CC2)cc1)c1cc(Br)sc1Br. The summed E-state index contributed by atoms with van der Waals surface area (Å²) in [5.41, 5.74) is 5.11. The van der Waals surface area contributed by atoms with E-state index >= 15 is 0 Å². The highest BCUT2D eigenvalue weighted by atomic mass is 79.9. The zero-order valence-electron chi connectivity index (χ0n) is 10.6. The molecule has 1 fully saturated rings. The molecule has 0 spiro atoms. The average molecular weight is 418 g/mol. The second kappa shape index (κ2) is 6.15. The summed E-state index contributed by atoms with van der Waals surface area (Å²) in [6.45, 7) is 0. The summed E-state index contributed by atoms with van der Waals surface area (Å²) in [6, 6.07) is 10.2. The first-order valence-electron chi connectivity index (χ1n) is 6.35. The molecular weight excluding hydrogens is 404 g/mol. The van der Waals surface area contributed by atoms with Crippen molar-refractivity contribution in [1.82, 2.24) is 5.43 Å². The Kier molecular flexibility index (Phi) is 4.47. The van der Waals surface area contributed by atoms with E-state index in [0.717, 1.165) is 24.4 Å². The summed E-state index contributed by atoms with van der Waals surface area (Å²) < 4.78 is 7.91. The monoisotopic (exact) mass is 416 g/mol. The van der Waals surface area contributed by atoms with Crippen molar-refractivity contribution in [3.05, 3.63) is 49.0 Å². The maximum absolute atomic E-state index is 5.76. The van der Waals surface area contributed by atoms with Crippen LogP contribution in [-0.2, 0) is 0 Å². The van der Waals surface area contributed by atoms with Crippen LogP contribution in [0.3, 0.4) is 0 Å². The molecule has 1 aliphatic carbocycles. The van der Waals surface area contributed by atoms with Crippen LogP contribution >= 0.6 is 43.2 Å². The van der Waals surface area contributed by atoms with Gasteiger partial charge in [0.15, 0.2) is 0 Å². The number of rotatable bonds is 5. The third-order valence-electron chi connectivity index (χ3n) is 3.20. The van der Waals surface area contributed by atoms with Gasteiger partial charge in [0.2, 0.25) is 0 Å². The van der Waals surface area contributed by atoms with Crippen LogP contribution in [0.1, 0.15) is 30.0 Å². The van der Waals surface area contributed by atoms with E-state index in [1.54, 1.807) is 11.3 Å². The first kappa shape index (κ1) is 14.5. The van der Waals surface area contributed by atoms with Crippen molar-refractivity contribution in [2.45, 2.75) is 25.0 Å². The summed E-state index contributed by atoms with van der Waals surface area (Å²) in [5, 5.41) is 0. The molecule has 1 atom stereocenters. The van der Waals surface area contributed by atoms with E-state index in [1.807, 2.05) is 12.1 Å². The van der Waals surface area contributed by atoms with Crippen LogP contribution in [0, 0.1) is 0 Å². The number of hydrogen-bond acceptors (Lipinski definition) is 4. The highest BCUT2D eigenvalue weighted by molar-refractivity contribution is 9.12. The Morgan fingerprint density at radius 1 is 1.25 bits per heavy atom. The summed E-state index contributed by atoms with van der Waals surface area (Å²) in [4.78, 5) is 0. The molecule has 0 radical (unpaired) electrons. The van der Waals surface area contributed by atoms with Gasteiger partial charge in [-0.05, 0) is 68.5 Å². The van der Waals surface area contributed by atoms with Crippen LogP contribution in [0.15, 0.2) is 37.9 Å². The summed E-state index contributed by atoms with van der Waals surface area (Å²) in [5.74, 6) is 6.66. The van der Waals surface area contributed by atoms with Gasteiger partial charge < -0.3 is 4.74 Å². The van der Waals surface area contributed by atoms with Gasteiger partial charge in [0, 0.05) is 5.56 Å². The number of halogens is 2. The number of nitrogens with two attached hydrogens (primary N) is 1. The van der Waals surface area contributed by atoms with E-state index < -0.39 is 0 Å². The van der Waals surface area contributed by atoms with Crippen LogP contribution in [0.5, 0.6) is 5.75 Å². The number of nitrogens with one attached hydrogen (secondary N) is 1. The van der Waals surface area contributed by atoms with Gasteiger partial charge in [-0.15, -0.1) is 11.3 Å². The molecule has 106 valence electrons. The van der Waals surface area contributed by atoms with Gasteiger partial charge >= 0.3 is 0 Å². The Morgan fingerprint density at radius 3 is 2.45 bits per heavy atom. The van der Waals surface area contributed by atoms with E-state index in [-0.39, 0.29) is 6.04 Å². The third-order valence-corrected chi connectivity index (χ3v) is 5.59. The predicted molar refractivity (Wildman–Crippen MR) is 89.0 cm³/mol. The van der Waals surface area contributed by atoms with Crippen molar-refractivity contribution in [3.63, 3.8) is 0 Å². The number of benzene rings is 1. The van der Waals surface area contributed by atoms with Gasteiger partial charge in [0.05, 0.1) is 19.7 Å². The third kappa shape index (κ3) is 3.26. The topological polar surface area (TPSA) is 47.3 Å². The first-order chi connectivity index (χ1) is 9.67. The van der Waals surface area contributed by atoms with E-state index in [4.69, 9.17) is 10.6 Å². The van der Waals surface area contributed by atoms with Crippen LogP contribution in [0.25, 0.3) is 0 Å². The van der Waals surface area contributed by atoms with Gasteiger partial charge in [0.1, 0.15) is 5.75 Å². The normalized spacial score (nSPS) is 16.1. The van der Waals surface area contributed by atoms with Crippen LogP contribution in [0.2, 0.25) is 0 Å². The molecule has 2 aromatic rings. The smallest absolute Gasteiger partial charge is 0.119 e. The van der Waals surface area contributed by atoms with Gasteiger partial charge in [-0.2, -0.15) is 0 Å². The molecule has 1 heterocycles. The zero-order valence-corrected chi connectivity index (χ0v) is 14.6. The molecule has 0 amide bonds. The number of ether oxygens (including phenoxy) is 1. The zero-order chi connectivity index (χ0) is 14.1. The lowest BCUT2D eigenvalue weighted by Crippen LogP contribution is -2.28. The molecule has 20 heavy (non-hydrogen) atoms. The molecule has 3 rings (SSSR count). The van der Waals surface area contributed by atoms with E-state index in [1.165, 1.54) is 12.8 Å². The second-order valence-corrected chi connectivity index (χ2v) is 8.51. The minimum atomic E-state index is -0.0399. The molecule has 1 aromatic heterocycles. The van der Waals surface area contributed by atoms with E-state index in [0.29, 0.717) is 6.10 Å². The van der Waals surface area contributed by atoms with Crippen molar-refractivity contribution < 1.29 is 4.74 Å². The predicted octanol–water partition coefficient (Wildman–Crippen LogP) is 4.37. The summed E-state index contributed by atoms with van der Waals surface area (Å²) in [7, 11) is 0. The number of thiophene rings is 1. The summed E-state index contributed by atoms with van der Waals surface area (Å²) in [6.07, 6.45) is 2.76. The van der Waals surface area contributed by atoms with Crippen molar-refractivity contribution in [2.75, 3.05) is 0 Å². The Morgan fingerprint density at radius 2 is 1.95 bits per heavy atom. The molecule has 3 nitrogen and oxygen atoms in total. The van der Waals surface area contributed by atoms with Gasteiger partial charge in [-0.25, -0.2) is 5.43 Å². The second-order valence-electron chi connectivity index (χ2n) is 4.77. The highest BCUT2D eigenvalue weighted by Crippen LogP contribution is 2.38. The average Bonchev–Trinajstić information content (AvgIpc) is 3.18. The minimum Gasteiger partial charge on any atom is -0.490 e. The fourth-order valence-corrected chi connectivity index (χ4v) is 4.93. The maximum atomic E-state index is 5.76. The molecule has 1 saturated carbocycles. The van der Waals surface area contributed by atoms with Crippen molar-refractivity contribution in [2.24, 2.45) is 5.84 Å². The summed E-state index contributed by atoms with van der Waals surface area (Å²) >= 11 is 8.72. The van der Waals surface area contributed by atoms with Crippen molar-refractivity contribution >= 4 is 43.2 Å². The minimum absolute atomic E-state index is 0.0399. The highest BCUT2D eigenvalue weighted by Gasteiger charge is 2.23. The largest absolute Gasteiger partial charge is 0.490 e. The maximum Gasteiger partial charge on any atom is 0.119 e. The van der Waals surface area contributed by atoms with Crippen LogP contribution in [-0.4, -0.2) is 6.10 Å². The molecule has 1 aromatic carbocycles.